The van der Waals surface area contributed by atoms with Gasteiger partial charge in [-0.3, -0.25) is 9.89 Å². The fraction of sp³-hybridized carbons (Fsp3) is 0.769. The largest absolute Gasteiger partial charge is 0.371 e. The number of carbonyl (C=O) groups excluding carboxylic acids is 1. The minimum absolute atomic E-state index is 0.0196. The van der Waals surface area contributed by atoms with E-state index in [2.05, 4.69) is 15.2 Å². The second-order valence-corrected chi connectivity index (χ2v) is 5.44. The van der Waals surface area contributed by atoms with Crippen LogP contribution in [-0.4, -0.2) is 58.9 Å². The van der Waals surface area contributed by atoms with Crippen molar-refractivity contribution in [1.29, 1.82) is 0 Å². The number of nitrogens with one attached hydrogen (secondary N) is 1. The minimum Gasteiger partial charge on any atom is -0.371 e. The maximum absolute atomic E-state index is 12.1. The van der Waals surface area contributed by atoms with Crippen LogP contribution in [0.5, 0.6) is 0 Å². The van der Waals surface area contributed by atoms with Crippen molar-refractivity contribution < 1.29 is 14.3 Å². The van der Waals surface area contributed by atoms with Gasteiger partial charge in [-0.1, -0.05) is 0 Å². The number of H-pyrrole nitrogens is 1. The molecule has 2 fully saturated rings. The molecule has 1 amide bonds. The molecule has 0 radical (unpaired) electrons. The molecular formula is C13H20N4O3. The van der Waals surface area contributed by atoms with Crippen LogP contribution in [0.25, 0.3) is 0 Å². The predicted octanol–water partition coefficient (Wildman–Crippen LogP) is 0.440. The van der Waals surface area contributed by atoms with Crippen LogP contribution >= 0.6 is 0 Å². The Morgan fingerprint density at radius 1 is 1.55 bits per heavy atom. The Morgan fingerprint density at radius 2 is 2.40 bits per heavy atom. The van der Waals surface area contributed by atoms with Crippen molar-refractivity contribution in [1.82, 2.24) is 20.1 Å². The van der Waals surface area contributed by atoms with Crippen LogP contribution in [0.1, 0.15) is 30.6 Å². The van der Waals surface area contributed by atoms with Crippen LogP contribution in [0.2, 0.25) is 0 Å². The molecule has 20 heavy (non-hydrogen) atoms. The third-order valence-corrected chi connectivity index (χ3v) is 3.60. The predicted molar refractivity (Wildman–Crippen MR) is 69.9 cm³/mol. The molecule has 2 heterocycles. The lowest BCUT2D eigenvalue weighted by molar-refractivity contribution is -0.144. The number of aromatic amines is 1. The van der Waals surface area contributed by atoms with Gasteiger partial charge in [-0.2, -0.15) is 5.10 Å². The van der Waals surface area contributed by atoms with E-state index in [0.29, 0.717) is 38.0 Å². The van der Waals surface area contributed by atoms with Gasteiger partial charge < -0.3 is 14.4 Å². The third kappa shape index (κ3) is 3.34. The Balaban J connectivity index is 1.50. The highest BCUT2D eigenvalue weighted by Crippen LogP contribution is 2.28. The number of amides is 1. The zero-order chi connectivity index (χ0) is 13.9. The fourth-order valence-electron chi connectivity index (χ4n) is 2.22. The van der Waals surface area contributed by atoms with Gasteiger partial charge in [-0.25, -0.2) is 4.98 Å². The Bertz CT molecular complexity index is 472. The first-order valence-corrected chi connectivity index (χ1v) is 7.08. The van der Waals surface area contributed by atoms with Gasteiger partial charge in [-0.05, 0) is 25.7 Å². The summed E-state index contributed by atoms with van der Waals surface area (Å²) >= 11 is 0. The van der Waals surface area contributed by atoms with E-state index in [1.165, 1.54) is 12.8 Å². The van der Waals surface area contributed by atoms with Crippen molar-refractivity contribution in [2.45, 2.75) is 25.9 Å². The summed E-state index contributed by atoms with van der Waals surface area (Å²) in [4.78, 5) is 18.1. The van der Waals surface area contributed by atoms with E-state index < -0.39 is 0 Å². The highest BCUT2D eigenvalue weighted by molar-refractivity contribution is 5.77. The van der Waals surface area contributed by atoms with Crippen LogP contribution in [-0.2, 0) is 14.3 Å². The van der Waals surface area contributed by atoms with Crippen molar-refractivity contribution >= 4 is 5.91 Å². The lowest BCUT2D eigenvalue weighted by Gasteiger charge is -2.31. The number of aromatic nitrogens is 3. The average Bonchev–Trinajstić information content (AvgIpc) is 3.18. The van der Waals surface area contributed by atoms with Gasteiger partial charge in [0.15, 0.2) is 5.82 Å². The molecule has 1 aliphatic carbocycles. The first-order chi connectivity index (χ1) is 9.72. The molecule has 1 aromatic heterocycles. The zero-order valence-corrected chi connectivity index (χ0v) is 11.7. The number of nitrogens with zero attached hydrogens (tertiary/aromatic N) is 3. The molecule has 1 saturated carbocycles. The molecule has 1 unspecified atom stereocenters. The van der Waals surface area contributed by atoms with E-state index in [-0.39, 0.29) is 18.6 Å². The summed E-state index contributed by atoms with van der Waals surface area (Å²) < 4.78 is 11.1. The monoisotopic (exact) mass is 280 g/mol. The summed E-state index contributed by atoms with van der Waals surface area (Å²) in [5.41, 5.74) is 0. The quantitative estimate of drug-likeness (QED) is 0.846. The Morgan fingerprint density at radius 3 is 3.10 bits per heavy atom. The maximum atomic E-state index is 12.1. The Kier molecular flexibility index (Phi) is 3.98. The van der Waals surface area contributed by atoms with E-state index >= 15 is 0 Å². The summed E-state index contributed by atoms with van der Waals surface area (Å²) in [7, 11) is 0. The first-order valence-electron chi connectivity index (χ1n) is 7.08. The van der Waals surface area contributed by atoms with E-state index in [1.54, 1.807) is 4.90 Å². The topological polar surface area (TPSA) is 80.3 Å². The number of carbonyl (C=O) groups is 1. The molecule has 3 rings (SSSR count). The van der Waals surface area contributed by atoms with E-state index in [1.807, 2.05) is 6.92 Å². The molecule has 1 N–H and O–H groups in total. The number of rotatable bonds is 5. The molecule has 7 heteroatoms. The molecule has 2 aliphatic rings. The van der Waals surface area contributed by atoms with Gasteiger partial charge in [0.2, 0.25) is 5.91 Å². The Labute approximate surface area is 117 Å². The summed E-state index contributed by atoms with van der Waals surface area (Å²) in [6.45, 7) is 4.31. The van der Waals surface area contributed by atoms with Gasteiger partial charge in [-0.15, -0.1) is 0 Å². The number of aryl methyl sites for hydroxylation is 1. The smallest absolute Gasteiger partial charge is 0.248 e. The van der Waals surface area contributed by atoms with Crippen LogP contribution in [0.15, 0.2) is 0 Å². The van der Waals surface area contributed by atoms with Gasteiger partial charge >= 0.3 is 0 Å². The molecule has 0 spiro atoms. The maximum Gasteiger partial charge on any atom is 0.248 e. The van der Waals surface area contributed by atoms with Crippen molar-refractivity contribution in [3.8, 4) is 0 Å². The molecular weight excluding hydrogens is 260 g/mol. The van der Waals surface area contributed by atoms with Crippen molar-refractivity contribution in [2.24, 2.45) is 5.92 Å². The van der Waals surface area contributed by atoms with Crippen molar-refractivity contribution in [3.63, 3.8) is 0 Å². The van der Waals surface area contributed by atoms with Gasteiger partial charge in [0.25, 0.3) is 0 Å². The number of hydrogen-bond donors (Lipinski definition) is 1. The standard InChI is InChI=1S/C13H20N4O3/c1-9-14-13(16-15-9)11-6-17(4-5-20-11)12(18)8-19-7-10-2-3-10/h10-11H,2-8H2,1H3,(H,14,15,16). The Hall–Kier alpha value is -1.47. The fourth-order valence-corrected chi connectivity index (χ4v) is 2.22. The van der Waals surface area contributed by atoms with Crippen molar-refractivity contribution in [2.75, 3.05) is 32.9 Å². The first kappa shape index (κ1) is 13.5. The number of ether oxygens (including phenoxy) is 2. The summed E-state index contributed by atoms with van der Waals surface area (Å²) in [6.07, 6.45) is 2.22. The zero-order valence-electron chi connectivity index (χ0n) is 11.7. The van der Waals surface area contributed by atoms with E-state index in [0.717, 1.165) is 5.82 Å². The lowest BCUT2D eigenvalue weighted by Crippen LogP contribution is -2.44. The number of morpholine rings is 1. The van der Waals surface area contributed by atoms with Gasteiger partial charge in [0.05, 0.1) is 19.8 Å². The molecule has 0 aromatic carbocycles. The van der Waals surface area contributed by atoms with Crippen LogP contribution in [0.3, 0.4) is 0 Å². The molecule has 1 aliphatic heterocycles. The molecule has 1 aromatic rings. The van der Waals surface area contributed by atoms with E-state index in [4.69, 9.17) is 9.47 Å². The summed E-state index contributed by atoms with van der Waals surface area (Å²) in [5, 5.41) is 6.89. The van der Waals surface area contributed by atoms with E-state index in [9.17, 15) is 4.79 Å². The average molecular weight is 280 g/mol. The minimum atomic E-state index is -0.249. The summed E-state index contributed by atoms with van der Waals surface area (Å²) in [5.74, 6) is 2.06. The van der Waals surface area contributed by atoms with Gasteiger partial charge in [0, 0.05) is 6.54 Å². The highest BCUT2D eigenvalue weighted by Gasteiger charge is 2.28. The van der Waals surface area contributed by atoms with Crippen LogP contribution < -0.4 is 0 Å². The molecule has 1 saturated heterocycles. The normalized spacial score (nSPS) is 23.1. The molecule has 110 valence electrons. The number of hydrogen-bond acceptors (Lipinski definition) is 5. The SMILES string of the molecule is Cc1nc(C2CN(C(=O)COCC3CC3)CCO2)n[nH]1. The van der Waals surface area contributed by atoms with Crippen molar-refractivity contribution in [3.05, 3.63) is 11.6 Å². The molecule has 7 nitrogen and oxygen atoms in total. The molecule has 1 atom stereocenters. The lowest BCUT2D eigenvalue weighted by atomic mass is 10.2. The van der Waals surface area contributed by atoms with Crippen LogP contribution in [0, 0.1) is 12.8 Å². The highest BCUT2D eigenvalue weighted by atomic mass is 16.5. The van der Waals surface area contributed by atoms with Gasteiger partial charge in [0.1, 0.15) is 18.5 Å². The molecule has 0 bridgehead atoms. The van der Waals surface area contributed by atoms with Crippen LogP contribution in [0.4, 0.5) is 0 Å². The summed E-state index contributed by atoms with van der Waals surface area (Å²) in [6, 6.07) is 0. The second kappa shape index (κ2) is 5.88. The third-order valence-electron chi connectivity index (χ3n) is 3.60. The second-order valence-electron chi connectivity index (χ2n) is 5.44.